The van der Waals surface area contributed by atoms with Crippen LogP contribution in [-0.4, -0.2) is 59.9 Å². The number of hydrogen-bond acceptors (Lipinski definition) is 4. The van der Waals surface area contributed by atoms with Crippen LogP contribution in [0.25, 0.3) is 10.9 Å². The number of amides is 1. The van der Waals surface area contributed by atoms with E-state index in [1.54, 1.807) is 7.11 Å². The van der Waals surface area contributed by atoms with Crippen molar-refractivity contribution >= 4 is 16.8 Å². The summed E-state index contributed by atoms with van der Waals surface area (Å²) < 4.78 is 8.45. The monoisotopic (exact) mass is 385 g/mol. The number of fused-ring (bicyclic) bond motifs is 2. The molecule has 2 aliphatic rings. The summed E-state index contributed by atoms with van der Waals surface area (Å²) in [6.45, 7) is 2.64. The molecule has 0 saturated carbocycles. The Morgan fingerprint density at radius 1 is 1.43 bits per heavy atom. The number of rotatable bonds is 5. The van der Waals surface area contributed by atoms with Crippen LogP contribution in [0, 0.1) is 5.92 Å². The van der Waals surface area contributed by atoms with Crippen LogP contribution in [0.15, 0.2) is 24.4 Å². The first-order valence-corrected chi connectivity index (χ1v) is 10.2. The van der Waals surface area contributed by atoms with Crippen LogP contribution in [-0.2, 0) is 28.6 Å². The number of piperidine rings is 1. The lowest BCUT2D eigenvalue weighted by molar-refractivity contribution is -0.148. The molecule has 4 rings (SSSR count). The van der Waals surface area contributed by atoms with Gasteiger partial charge in [-0.2, -0.15) is 0 Å². The number of benzene rings is 1. The van der Waals surface area contributed by atoms with Gasteiger partial charge in [-0.15, -0.1) is 0 Å². The minimum absolute atomic E-state index is 0.00802. The van der Waals surface area contributed by atoms with Crippen molar-refractivity contribution < 1.29 is 14.6 Å². The van der Waals surface area contributed by atoms with E-state index in [0.717, 1.165) is 12.8 Å². The Morgan fingerprint density at radius 3 is 2.89 bits per heavy atom. The van der Waals surface area contributed by atoms with Gasteiger partial charge in [0.05, 0.1) is 18.6 Å². The molecule has 0 radical (unpaired) electrons. The van der Waals surface area contributed by atoms with E-state index in [2.05, 4.69) is 53.3 Å². The fraction of sp³-hybridized carbons (Fsp3) is 0.591. The zero-order chi connectivity index (χ0) is 20.1. The number of hydrogen-bond donors (Lipinski definition) is 2. The van der Waals surface area contributed by atoms with Crippen molar-refractivity contribution in [1.82, 2.24) is 14.8 Å². The molecule has 1 saturated heterocycles. The Hall–Kier alpha value is -1.89. The predicted octanol–water partition coefficient (Wildman–Crippen LogP) is 1.78. The minimum atomic E-state index is -0.510. The van der Waals surface area contributed by atoms with Crippen molar-refractivity contribution in [2.24, 2.45) is 13.0 Å². The summed E-state index contributed by atoms with van der Waals surface area (Å²) in [6.07, 6.45) is 4.52. The number of nitrogens with one attached hydrogen (secondary N) is 1. The van der Waals surface area contributed by atoms with Crippen molar-refractivity contribution in [3.8, 4) is 0 Å². The van der Waals surface area contributed by atoms with Gasteiger partial charge in [-0.25, -0.2) is 0 Å². The number of likely N-dealkylation sites (tertiary alicyclic amines) is 1. The van der Waals surface area contributed by atoms with Crippen LogP contribution in [0.2, 0.25) is 0 Å². The Morgan fingerprint density at radius 2 is 2.21 bits per heavy atom. The first-order chi connectivity index (χ1) is 13.4. The smallest absolute Gasteiger partial charge is 0.224 e. The SMILES string of the molecule is CCC(CO)NC(=O)[C@H]1CN(C)[C@@H]2Cc3cn(C)c4cccc(c34)[C@@]2(OC)C1. The second-order valence-corrected chi connectivity index (χ2v) is 8.42. The van der Waals surface area contributed by atoms with Gasteiger partial charge in [0.2, 0.25) is 5.91 Å². The molecule has 1 aliphatic heterocycles. The average Bonchev–Trinajstić information content (AvgIpc) is 3.03. The summed E-state index contributed by atoms with van der Waals surface area (Å²) in [7, 11) is 5.95. The van der Waals surface area contributed by atoms with Gasteiger partial charge >= 0.3 is 0 Å². The van der Waals surface area contributed by atoms with E-state index in [1.165, 1.54) is 22.0 Å². The fourth-order valence-corrected chi connectivity index (χ4v) is 5.36. The first kappa shape index (κ1) is 19.4. The highest BCUT2D eigenvalue weighted by Crippen LogP contribution is 2.49. The molecule has 1 aliphatic carbocycles. The number of aryl methyl sites for hydroxylation is 1. The summed E-state index contributed by atoms with van der Waals surface area (Å²) in [5, 5.41) is 13.8. The van der Waals surface area contributed by atoms with Gasteiger partial charge in [-0.05, 0) is 43.5 Å². The number of aliphatic hydroxyl groups is 1. The largest absolute Gasteiger partial charge is 0.394 e. The lowest BCUT2D eigenvalue weighted by Gasteiger charge is -2.52. The molecule has 28 heavy (non-hydrogen) atoms. The van der Waals surface area contributed by atoms with Crippen LogP contribution >= 0.6 is 0 Å². The quantitative estimate of drug-likeness (QED) is 0.824. The van der Waals surface area contributed by atoms with Crippen LogP contribution < -0.4 is 5.32 Å². The number of methoxy groups -OCH3 is 1. The van der Waals surface area contributed by atoms with Gasteiger partial charge in [-0.1, -0.05) is 19.1 Å². The van der Waals surface area contributed by atoms with Crippen LogP contribution in [0.1, 0.15) is 30.9 Å². The van der Waals surface area contributed by atoms with Crippen molar-refractivity contribution in [2.45, 2.75) is 43.9 Å². The Labute approximate surface area is 166 Å². The van der Waals surface area contributed by atoms with Crippen LogP contribution in [0.3, 0.4) is 0 Å². The summed E-state index contributed by atoms with van der Waals surface area (Å²) in [6, 6.07) is 6.41. The third-order valence-corrected chi connectivity index (χ3v) is 6.89. The van der Waals surface area contributed by atoms with Gasteiger partial charge < -0.3 is 19.7 Å². The van der Waals surface area contributed by atoms with Crippen molar-refractivity contribution in [1.29, 1.82) is 0 Å². The molecule has 2 N–H and O–H groups in total. The zero-order valence-corrected chi connectivity index (χ0v) is 17.2. The number of carbonyl (C=O) groups excluding carboxylic acids is 1. The molecule has 1 aromatic carbocycles. The van der Waals surface area contributed by atoms with Gasteiger partial charge in [0.15, 0.2) is 0 Å². The third-order valence-electron chi connectivity index (χ3n) is 6.89. The van der Waals surface area contributed by atoms with E-state index in [9.17, 15) is 9.90 Å². The normalized spacial score (nSPS) is 28.2. The summed E-state index contributed by atoms with van der Waals surface area (Å²) >= 11 is 0. The third kappa shape index (κ3) is 2.78. The van der Waals surface area contributed by atoms with E-state index in [4.69, 9.17) is 4.74 Å². The molecule has 1 unspecified atom stereocenters. The maximum absolute atomic E-state index is 13.0. The molecule has 1 aromatic heterocycles. The van der Waals surface area contributed by atoms with E-state index >= 15 is 0 Å². The van der Waals surface area contributed by atoms with Gasteiger partial charge in [-0.3, -0.25) is 9.69 Å². The Kier molecular flexibility index (Phi) is 4.98. The number of likely N-dealkylation sites (N-methyl/N-ethyl adjacent to an activating group) is 1. The lowest BCUT2D eigenvalue weighted by Crippen LogP contribution is -2.61. The zero-order valence-electron chi connectivity index (χ0n) is 17.2. The second kappa shape index (κ2) is 7.17. The fourth-order valence-electron chi connectivity index (χ4n) is 5.36. The Balaban J connectivity index is 1.75. The summed E-state index contributed by atoms with van der Waals surface area (Å²) in [5.41, 5.74) is 3.25. The molecular formula is C22H31N3O3. The van der Waals surface area contributed by atoms with E-state index in [1.807, 2.05) is 6.92 Å². The number of ether oxygens (including phenoxy) is 1. The second-order valence-electron chi connectivity index (χ2n) is 8.42. The molecule has 2 heterocycles. The Bertz CT molecular complexity index is 889. The molecule has 1 fully saturated rings. The van der Waals surface area contributed by atoms with Crippen LogP contribution in [0.5, 0.6) is 0 Å². The molecule has 6 nitrogen and oxygen atoms in total. The number of nitrogens with zero attached hydrogens (tertiary/aromatic N) is 2. The molecule has 2 aromatic rings. The van der Waals surface area contributed by atoms with Crippen molar-refractivity contribution in [2.75, 3.05) is 27.3 Å². The van der Waals surface area contributed by atoms with Crippen molar-refractivity contribution in [3.05, 3.63) is 35.5 Å². The van der Waals surface area contributed by atoms with Crippen LogP contribution in [0.4, 0.5) is 0 Å². The van der Waals surface area contributed by atoms with E-state index in [0.29, 0.717) is 13.0 Å². The maximum Gasteiger partial charge on any atom is 0.224 e. The standard InChI is InChI=1S/C22H31N3O3/c1-5-16(13-26)23-21(27)15-10-22(28-4)17-7-6-8-18-20(17)14(11-24(18)2)9-19(22)25(3)12-15/h6-8,11,15-16,19,26H,5,9-10,12-13H2,1-4H3,(H,23,27)/t15-,16?,19-,22+/m1/s1. The molecule has 0 spiro atoms. The van der Waals surface area contributed by atoms with E-state index in [-0.39, 0.29) is 30.5 Å². The highest BCUT2D eigenvalue weighted by Gasteiger charge is 2.53. The maximum atomic E-state index is 13.0. The molecule has 6 heteroatoms. The topological polar surface area (TPSA) is 66.7 Å². The number of aromatic nitrogens is 1. The van der Waals surface area contributed by atoms with Gasteiger partial charge in [0.1, 0.15) is 5.60 Å². The van der Waals surface area contributed by atoms with E-state index < -0.39 is 5.60 Å². The summed E-state index contributed by atoms with van der Waals surface area (Å²) in [4.78, 5) is 15.3. The highest BCUT2D eigenvalue weighted by molar-refractivity contribution is 5.90. The highest BCUT2D eigenvalue weighted by atomic mass is 16.5. The molecule has 0 bridgehead atoms. The van der Waals surface area contributed by atoms with Crippen molar-refractivity contribution in [3.63, 3.8) is 0 Å². The molecule has 4 atom stereocenters. The molecular weight excluding hydrogens is 354 g/mol. The predicted molar refractivity (Wildman–Crippen MR) is 109 cm³/mol. The average molecular weight is 386 g/mol. The number of carbonyl (C=O) groups is 1. The first-order valence-electron chi connectivity index (χ1n) is 10.2. The lowest BCUT2D eigenvalue weighted by atomic mass is 9.68. The minimum Gasteiger partial charge on any atom is -0.394 e. The summed E-state index contributed by atoms with van der Waals surface area (Å²) in [5.74, 6) is -0.170. The van der Waals surface area contributed by atoms with Gasteiger partial charge in [0.25, 0.3) is 0 Å². The number of aliphatic hydroxyl groups excluding tert-OH is 1. The molecule has 152 valence electrons. The van der Waals surface area contributed by atoms with Gasteiger partial charge in [0, 0.05) is 43.8 Å². The molecule has 1 amide bonds.